The van der Waals surface area contributed by atoms with E-state index in [9.17, 15) is 4.79 Å². The Morgan fingerprint density at radius 2 is 2.05 bits per heavy atom. The van der Waals surface area contributed by atoms with Gasteiger partial charge in [0.25, 0.3) is 0 Å². The molecule has 0 radical (unpaired) electrons. The fourth-order valence-corrected chi connectivity index (χ4v) is 2.52. The van der Waals surface area contributed by atoms with Crippen LogP contribution in [0.5, 0.6) is 11.5 Å². The number of ether oxygens (including phenoxy) is 2. The van der Waals surface area contributed by atoms with Gasteiger partial charge in [-0.3, -0.25) is 4.79 Å². The van der Waals surface area contributed by atoms with E-state index >= 15 is 0 Å². The lowest BCUT2D eigenvalue weighted by molar-refractivity contribution is 0.0896. The van der Waals surface area contributed by atoms with Gasteiger partial charge in [0, 0.05) is 6.07 Å². The van der Waals surface area contributed by atoms with Crippen LogP contribution in [0.1, 0.15) is 27.4 Å². The second-order valence-electron chi connectivity index (χ2n) is 5.00. The van der Waals surface area contributed by atoms with E-state index in [-0.39, 0.29) is 11.7 Å². The van der Waals surface area contributed by atoms with Crippen LogP contribution in [0.15, 0.2) is 42.5 Å². The molecule has 0 fully saturated rings. The van der Waals surface area contributed by atoms with Gasteiger partial charge in [0.05, 0.1) is 18.6 Å². The lowest BCUT2D eigenvalue weighted by atomic mass is 9.88. The summed E-state index contributed by atoms with van der Waals surface area (Å²) in [4.78, 5) is 12.6. The minimum atomic E-state index is -0.226. The quantitative estimate of drug-likeness (QED) is 0.837. The Morgan fingerprint density at radius 3 is 2.80 bits per heavy atom. The Hall–Kier alpha value is -2.29. The molecule has 3 nitrogen and oxygen atoms in total. The number of fused-ring (bicyclic) bond motifs is 1. The molecule has 1 unspecified atom stereocenters. The smallest absolute Gasteiger partial charge is 0.177 e. The number of carbonyl (C=O) groups is 1. The zero-order chi connectivity index (χ0) is 14.1. The highest BCUT2D eigenvalue weighted by molar-refractivity contribution is 6.04. The number of aryl methyl sites for hydroxylation is 1. The maximum absolute atomic E-state index is 12.6. The minimum Gasteiger partial charge on any atom is -0.497 e. The molecule has 1 aliphatic heterocycles. The van der Waals surface area contributed by atoms with Crippen LogP contribution in [-0.4, -0.2) is 19.5 Å². The Bertz CT molecular complexity index is 661. The summed E-state index contributed by atoms with van der Waals surface area (Å²) in [5, 5.41) is 0. The van der Waals surface area contributed by atoms with Crippen LogP contribution in [0.25, 0.3) is 0 Å². The summed E-state index contributed by atoms with van der Waals surface area (Å²) < 4.78 is 10.9. The minimum absolute atomic E-state index is 0.111. The number of benzene rings is 2. The summed E-state index contributed by atoms with van der Waals surface area (Å²) in [7, 11) is 1.60. The molecule has 0 N–H and O–H groups in total. The van der Waals surface area contributed by atoms with E-state index in [0.29, 0.717) is 23.7 Å². The Morgan fingerprint density at radius 1 is 1.20 bits per heavy atom. The first kappa shape index (κ1) is 12.7. The molecule has 102 valence electrons. The highest BCUT2D eigenvalue weighted by Gasteiger charge is 2.30. The van der Waals surface area contributed by atoms with E-state index in [1.165, 1.54) is 0 Å². The van der Waals surface area contributed by atoms with Gasteiger partial charge >= 0.3 is 0 Å². The molecule has 1 heterocycles. The number of ketones is 1. The van der Waals surface area contributed by atoms with Crippen LogP contribution in [0.4, 0.5) is 0 Å². The van der Waals surface area contributed by atoms with Crippen LogP contribution >= 0.6 is 0 Å². The molecule has 0 spiro atoms. The number of methoxy groups -OCH3 is 1. The zero-order valence-corrected chi connectivity index (χ0v) is 11.6. The third kappa shape index (κ3) is 2.16. The molecule has 0 saturated carbocycles. The van der Waals surface area contributed by atoms with Crippen molar-refractivity contribution in [2.24, 2.45) is 0 Å². The van der Waals surface area contributed by atoms with Gasteiger partial charge in [-0.05, 0) is 24.6 Å². The van der Waals surface area contributed by atoms with Gasteiger partial charge in [-0.2, -0.15) is 0 Å². The zero-order valence-electron chi connectivity index (χ0n) is 11.6. The Kier molecular flexibility index (Phi) is 3.18. The highest BCUT2D eigenvalue weighted by Crippen LogP contribution is 2.34. The molecule has 0 amide bonds. The molecule has 2 aromatic rings. The van der Waals surface area contributed by atoms with Crippen molar-refractivity contribution in [3.8, 4) is 11.5 Å². The van der Waals surface area contributed by atoms with Crippen molar-refractivity contribution in [3.05, 3.63) is 59.2 Å². The van der Waals surface area contributed by atoms with Crippen LogP contribution < -0.4 is 9.47 Å². The number of Topliss-reactive ketones (excluding diaryl/α,β-unsaturated/α-hetero) is 1. The molecule has 3 heteroatoms. The van der Waals surface area contributed by atoms with E-state index < -0.39 is 0 Å². The topological polar surface area (TPSA) is 35.5 Å². The van der Waals surface area contributed by atoms with E-state index in [1.807, 2.05) is 31.2 Å². The average molecular weight is 268 g/mol. The SMILES string of the molecule is COc1ccc2c(c1)OCC(c1cccc(C)c1)C2=O. The van der Waals surface area contributed by atoms with Gasteiger partial charge < -0.3 is 9.47 Å². The van der Waals surface area contributed by atoms with Gasteiger partial charge in [-0.15, -0.1) is 0 Å². The summed E-state index contributed by atoms with van der Waals surface area (Å²) in [5.74, 6) is 1.19. The second kappa shape index (κ2) is 5.00. The molecule has 0 aliphatic carbocycles. The maximum Gasteiger partial charge on any atom is 0.177 e. The Balaban J connectivity index is 1.97. The number of rotatable bonds is 2. The molecule has 1 aliphatic rings. The number of carbonyl (C=O) groups excluding carboxylic acids is 1. The van der Waals surface area contributed by atoms with Gasteiger partial charge in [-0.25, -0.2) is 0 Å². The molecule has 20 heavy (non-hydrogen) atoms. The molecular weight excluding hydrogens is 252 g/mol. The van der Waals surface area contributed by atoms with E-state index in [1.54, 1.807) is 25.3 Å². The molecule has 2 aromatic carbocycles. The fourth-order valence-electron chi connectivity index (χ4n) is 2.52. The molecule has 0 bridgehead atoms. The lowest BCUT2D eigenvalue weighted by Gasteiger charge is -2.25. The first-order valence-electron chi connectivity index (χ1n) is 6.60. The molecule has 1 atom stereocenters. The van der Waals surface area contributed by atoms with Crippen LogP contribution in [0.2, 0.25) is 0 Å². The van der Waals surface area contributed by atoms with Crippen molar-refractivity contribution >= 4 is 5.78 Å². The van der Waals surface area contributed by atoms with Crippen LogP contribution in [0, 0.1) is 6.92 Å². The molecule has 0 aromatic heterocycles. The molecule has 0 saturated heterocycles. The van der Waals surface area contributed by atoms with E-state index in [0.717, 1.165) is 11.1 Å². The maximum atomic E-state index is 12.6. The van der Waals surface area contributed by atoms with Crippen LogP contribution in [-0.2, 0) is 0 Å². The predicted octanol–water partition coefficient (Wildman–Crippen LogP) is 3.36. The van der Waals surface area contributed by atoms with Gasteiger partial charge in [0.15, 0.2) is 5.78 Å². The van der Waals surface area contributed by atoms with Crippen molar-refractivity contribution in [3.63, 3.8) is 0 Å². The fraction of sp³-hybridized carbons (Fsp3) is 0.235. The second-order valence-corrected chi connectivity index (χ2v) is 5.00. The number of hydrogen-bond donors (Lipinski definition) is 0. The third-order valence-corrected chi connectivity index (χ3v) is 3.62. The summed E-state index contributed by atoms with van der Waals surface area (Å²) in [6.45, 7) is 2.40. The van der Waals surface area contributed by atoms with E-state index in [4.69, 9.17) is 9.47 Å². The summed E-state index contributed by atoms with van der Waals surface area (Å²) in [6.07, 6.45) is 0. The highest BCUT2D eigenvalue weighted by atomic mass is 16.5. The van der Waals surface area contributed by atoms with Gasteiger partial charge in [-0.1, -0.05) is 29.8 Å². The first-order valence-corrected chi connectivity index (χ1v) is 6.60. The molecule has 3 rings (SSSR count). The van der Waals surface area contributed by atoms with Crippen molar-refractivity contribution in [1.82, 2.24) is 0 Å². The summed E-state index contributed by atoms with van der Waals surface area (Å²) in [6, 6.07) is 13.3. The van der Waals surface area contributed by atoms with Crippen LogP contribution in [0.3, 0.4) is 0 Å². The summed E-state index contributed by atoms with van der Waals surface area (Å²) in [5.41, 5.74) is 2.79. The van der Waals surface area contributed by atoms with Gasteiger partial charge in [0.1, 0.15) is 18.1 Å². The standard InChI is InChI=1S/C17H16O3/c1-11-4-3-5-12(8-11)15-10-20-16-9-13(19-2)6-7-14(16)17(15)18/h3-9,15H,10H2,1-2H3. The monoisotopic (exact) mass is 268 g/mol. The summed E-state index contributed by atoms with van der Waals surface area (Å²) >= 11 is 0. The third-order valence-electron chi connectivity index (χ3n) is 3.62. The van der Waals surface area contributed by atoms with Crippen molar-refractivity contribution in [2.75, 3.05) is 13.7 Å². The first-order chi connectivity index (χ1) is 9.69. The van der Waals surface area contributed by atoms with Crippen molar-refractivity contribution in [1.29, 1.82) is 0 Å². The van der Waals surface area contributed by atoms with Crippen molar-refractivity contribution < 1.29 is 14.3 Å². The van der Waals surface area contributed by atoms with Crippen molar-refractivity contribution in [2.45, 2.75) is 12.8 Å². The lowest BCUT2D eigenvalue weighted by Crippen LogP contribution is -2.26. The average Bonchev–Trinajstić information content (AvgIpc) is 2.47. The molecular formula is C17H16O3. The predicted molar refractivity (Wildman–Crippen MR) is 76.7 cm³/mol. The van der Waals surface area contributed by atoms with Gasteiger partial charge in [0.2, 0.25) is 0 Å². The largest absolute Gasteiger partial charge is 0.497 e. The van der Waals surface area contributed by atoms with E-state index in [2.05, 4.69) is 0 Å². The number of hydrogen-bond acceptors (Lipinski definition) is 3. The Labute approximate surface area is 118 Å². The normalized spacial score (nSPS) is 17.3.